The topological polar surface area (TPSA) is 92.4 Å². The molecule has 2 aromatic rings. The molecule has 3 aliphatic rings. The summed E-state index contributed by atoms with van der Waals surface area (Å²) in [5.41, 5.74) is 6.23. The van der Waals surface area contributed by atoms with Crippen molar-refractivity contribution < 1.29 is 14.7 Å². The molecule has 116 valence electrons. The molecule has 0 heterocycles. The first-order valence-electron chi connectivity index (χ1n) is 7.56. The van der Waals surface area contributed by atoms with Gasteiger partial charge in [-0.3, -0.25) is 15.0 Å². The van der Waals surface area contributed by atoms with Crippen LogP contribution >= 0.6 is 0 Å². The average Bonchev–Trinajstić information content (AvgIpc) is 2.60. The minimum Gasteiger partial charge on any atom is -0.481 e. The molecule has 0 fully saturated rings. The summed E-state index contributed by atoms with van der Waals surface area (Å²) in [6, 6.07) is 15.6. The quantitative estimate of drug-likeness (QED) is 0.446. The summed E-state index contributed by atoms with van der Waals surface area (Å²) in [6.45, 7) is 0. The van der Waals surface area contributed by atoms with Crippen LogP contribution in [0, 0.1) is 11.8 Å². The van der Waals surface area contributed by atoms with Gasteiger partial charge in [-0.15, -0.1) is 0 Å². The van der Waals surface area contributed by atoms with Gasteiger partial charge in [0.15, 0.2) is 0 Å². The summed E-state index contributed by atoms with van der Waals surface area (Å²) in [5.74, 6) is 1.84. The highest BCUT2D eigenvalue weighted by molar-refractivity contribution is 5.89. The Hall–Kier alpha value is -2.66. The zero-order valence-corrected chi connectivity index (χ0v) is 12.3. The van der Waals surface area contributed by atoms with E-state index in [0.29, 0.717) is 0 Å². The summed E-state index contributed by atoms with van der Waals surface area (Å²) in [7, 11) is 0. The molecule has 0 aliphatic heterocycles. The van der Waals surface area contributed by atoms with Crippen LogP contribution in [-0.4, -0.2) is 17.0 Å². The second-order valence-electron chi connectivity index (χ2n) is 6.11. The molecular formula is C18H16N2O3. The number of carboxylic acids is 1. The summed E-state index contributed by atoms with van der Waals surface area (Å²) in [4.78, 5) is 24.4. The Labute approximate surface area is 133 Å². The molecule has 1 amide bonds. The molecule has 23 heavy (non-hydrogen) atoms. The van der Waals surface area contributed by atoms with Gasteiger partial charge in [0.1, 0.15) is 0 Å². The smallest absolute Gasteiger partial charge is 0.308 e. The van der Waals surface area contributed by atoms with Crippen molar-refractivity contribution in [3.8, 4) is 0 Å². The third kappa shape index (κ3) is 1.77. The molecule has 5 heteroatoms. The van der Waals surface area contributed by atoms with Crippen LogP contribution in [-0.2, 0) is 9.59 Å². The molecule has 4 N–H and O–H groups in total. The van der Waals surface area contributed by atoms with E-state index in [9.17, 15) is 14.7 Å². The van der Waals surface area contributed by atoms with Crippen molar-refractivity contribution in [3.63, 3.8) is 0 Å². The highest BCUT2D eigenvalue weighted by Crippen LogP contribution is 2.58. The van der Waals surface area contributed by atoms with Crippen LogP contribution in [0.15, 0.2) is 48.5 Å². The minimum absolute atomic E-state index is 0.281. The lowest BCUT2D eigenvalue weighted by Crippen LogP contribution is -2.51. The highest BCUT2D eigenvalue weighted by Gasteiger charge is 2.55. The van der Waals surface area contributed by atoms with Crippen LogP contribution in [0.5, 0.6) is 0 Å². The number of hydrogen-bond acceptors (Lipinski definition) is 3. The molecule has 0 radical (unpaired) electrons. The van der Waals surface area contributed by atoms with Crippen molar-refractivity contribution in [1.29, 1.82) is 0 Å². The molecule has 0 saturated carbocycles. The Morgan fingerprint density at radius 3 is 1.57 bits per heavy atom. The van der Waals surface area contributed by atoms with Gasteiger partial charge in [-0.25, -0.2) is 5.84 Å². The van der Waals surface area contributed by atoms with Gasteiger partial charge in [-0.2, -0.15) is 0 Å². The zero-order chi connectivity index (χ0) is 16.1. The van der Waals surface area contributed by atoms with Crippen molar-refractivity contribution >= 4 is 11.9 Å². The molecule has 0 unspecified atom stereocenters. The van der Waals surface area contributed by atoms with E-state index in [1.807, 2.05) is 48.5 Å². The maximum Gasteiger partial charge on any atom is 0.308 e. The molecule has 0 aromatic heterocycles. The number of nitrogens with one attached hydrogen (secondary N) is 1. The van der Waals surface area contributed by atoms with Crippen molar-refractivity contribution in [2.75, 3.05) is 0 Å². The van der Waals surface area contributed by atoms with E-state index >= 15 is 0 Å². The molecular weight excluding hydrogens is 292 g/mol. The SMILES string of the molecule is NNC(=O)[C@@H]1C2c3ccccc3C(c3ccccc32)[C@H]1C(=O)O. The van der Waals surface area contributed by atoms with Crippen LogP contribution in [0.3, 0.4) is 0 Å². The Morgan fingerprint density at radius 2 is 1.22 bits per heavy atom. The highest BCUT2D eigenvalue weighted by atomic mass is 16.4. The van der Waals surface area contributed by atoms with Crippen molar-refractivity contribution in [2.45, 2.75) is 11.8 Å². The number of nitrogens with two attached hydrogens (primary N) is 1. The third-order valence-electron chi connectivity index (χ3n) is 5.17. The number of rotatable bonds is 2. The molecule has 0 spiro atoms. The van der Waals surface area contributed by atoms with Crippen molar-refractivity contribution in [2.24, 2.45) is 17.7 Å². The molecule has 2 bridgehead atoms. The maximum absolute atomic E-state index is 12.4. The lowest BCUT2D eigenvalue weighted by molar-refractivity contribution is -0.149. The fraction of sp³-hybridized carbons (Fsp3) is 0.222. The molecule has 0 saturated heterocycles. The first kappa shape index (κ1) is 14.0. The summed E-state index contributed by atoms with van der Waals surface area (Å²) in [6.07, 6.45) is 0. The monoisotopic (exact) mass is 308 g/mol. The van der Waals surface area contributed by atoms with Gasteiger partial charge in [0.25, 0.3) is 0 Å². The summed E-state index contributed by atoms with van der Waals surface area (Å²) >= 11 is 0. The number of carbonyl (C=O) groups is 2. The standard InChI is InChI=1S/C18H16N2O3/c19-20-17(21)15-13-9-5-1-3-7-11(9)14(16(15)18(22)23)12-8-4-2-6-10(12)13/h1-8,13-16H,19H2,(H,20,21)(H,22,23)/t13?,14?,15-,16-/m1/s1. The van der Waals surface area contributed by atoms with E-state index in [1.54, 1.807) is 0 Å². The molecule has 3 aliphatic carbocycles. The second-order valence-corrected chi connectivity index (χ2v) is 6.11. The van der Waals surface area contributed by atoms with Crippen LogP contribution in [0.2, 0.25) is 0 Å². The molecule has 2 atom stereocenters. The average molecular weight is 308 g/mol. The lowest BCUT2D eigenvalue weighted by atomic mass is 9.54. The normalized spacial score (nSPS) is 27.0. The fourth-order valence-electron chi connectivity index (χ4n) is 4.39. The molecule has 5 rings (SSSR count). The zero-order valence-electron chi connectivity index (χ0n) is 12.3. The number of carbonyl (C=O) groups excluding carboxylic acids is 1. The number of fused-ring (bicyclic) bond motifs is 1. The van der Waals surface area contributed by atoms with E-state index in [-0.39, 0.29) is 11.8 Å². The number of hydrazine groups is 1. The number of benzene rings is 2. The van der Waals surface area contributed by atoms with Crippen LogP contribution in [0.1, 0.15) is 34.1 Å². The van der Waals surface area contributed by atoms with E-state index in [2.05, 4.69) is 5.43 Å². The predicted molar refractivity (Wildman–Crippen MR) is 83.5 cm³/mol. The first-order chi connectivity index (χ1) is 11.1. The number of hydrogen-bond donors (Lipinski definition) is 3. The largest absolute Gasteiger partial charge is 0.481 e. The minimum atomic E-state index is -0.961. The lowest BCUT2D eigenvalue weighted by Gasteiger charge is -2.48. The first-order valence-corrected chi connectivity index (χ1v) is 7.56. The van der Waals surface area contributed by atoms with Gasteiger partial charge < -0.3 is 5.11 Å². The number of aliphatic carboxylic acids is 1. The predicted octanol–water partition coefficient (Wildman–Crippen LogP) is 1.58. The Morgan fingerprint density at radius 1 is 0.826 bits per heavy atom. The van der Waals surface area contributed by atoms with Gasteiger partial charge in [-0.1, -0.05) is 48.5 Å². The summed E-state index contributed by atoms with van der Waals surface area (Å²) < 4.78 is 0. The molecule has 2 aromatic carbocycles. The van der Waals surface area contributed by atoms with Crippen LogP contribution in [0.25, 0.3) is 0 Å². The third-order valence-corrected chi connectivity index (χ3v) is 5.17. The second kappa shape index (κ2) is 4.93. The van der Waals surface area contributed by atoms with Gasteiger partial charge in [0.05, 0.1) is 11.8 Å². The Bertz CT molecular complexity index is 770. The maximum atomic E-state index is 12.4. The van der Waals surface area contributed by atoms with Gasteiger partial charge in [0, 0.05) is 11.8 Å². The Balaban J connectivity index is 2.03. The number of carboxylic acid groups (broad SMARTS) is 1. The van der Waals surface area contributed by atoms with E-state index in [4.69, 9.17) is 5.84 Å². The van der Waals surface area contributed by atoms with Crippen LogP contribution in [0.4, 0.5) is 0 Å². The Kier molecular flexibility index (Phi) is 2.99. The fourth-order valence-corrected chi connectivity index (χ4v) is 4.39. The van der Waals surface area contributed by atoms with Gasteiger partial charge in [-0.05, 0) is 22.3 Å². The number of amides is 1. The van der Waals surface area contributed by atoms with Crippen LogP contribution < -0.4 is 11.3 Å². The van der Waals surface area contributed by atoms with Crippen molar-refractivity contribution in [1.82, 2.24) is 5.43 Å². The van der Waals surface area contributed by atoms with Crippen molar-refractivity contribution in [3.05, 3.63) is 70.8 Å². The van der Waals surface area contributed by atoms with E-state index < -0.39 is 23.7 Å². The summed E-state index contributed by atoms with van der Waals surface area (Å²) in [5, 5.41) is 9.81. The van der Waals surface area contributed by atoms with Gasteiger partial charge in [0.2, 0.25) is 5.91 Å². The van der Waals surface area contributed by atoms with E-state index in [0.717, 1.165) is 22.3 Å². The van der Waals surface area contributed by atoms with E-state index in [1.165, 1.54) is 0 Å². The van der Waals surface area contributed by atoms with Gasteiger partial charge >= 0.3 is 5.97 Å². The molecule has 5 nitrogen and oxygen atoms in total.